The Kier molecular flexibility index (Phi) is 4.68. The van der Waals surface area contributed by atoms with E-state index in [4.69, 9.17) is 9.16 Å². The monoisotopic (exact) mass is 334 g/mol. The van der Waals surface area contributed by atoms with Gasteiger partial charge in [-0.3, -0.25) is 4.79 Å². The molecule has 4 heteroatoms. The first-order chi connectivity index (χ1) is 10.5. The molecule has 2 rings (SSSR count). The standard InChI is InChI=1S/C19H30O3Si/c1-8-19(9-2)13-16(20)15-11-10-14(12-17(15)21-19)22-23(6,7)18(3,4)5/h10-12H,8-9,13H2,1-7H3. The van der Waals surface area contributed by atoms with Crippen molar-refractivity contribution in [3.8, 4) is 11.5 Å². The molecule has 0 saturated heterocycles. The minimum Gasteiger partial charge on any atom is -0.543 e. The Bertz CT molecular complexity index is 595. The molecule has 3 nitrogen and oxygen atoms in total. The molecule has 0 saturated carbocycles. The Hall–Kier alpha value is -1.29. The van der Waals surface area contributed by atoms with Gasteiger partial charge >= 0.3 is 0 Å². The third-order valence-corrected chi connectivity index (χ3v) is 9.89. The molecule has 1 aromatic carbocycles. The van der Waals surface area contributed by atoms with Crippen LogP contribution in [0.4, 0.5) is 0 Å². The van der Waals surface area contributed by atoms with Gasteiger partial charge < -0.3 is 9.16 Å². The van der Waals surface area contributed by atoms with Gasteiger partial charge in [0.05, 0.1) is 12.0 Å². The predicted octanol–water partition coefficient (Wildman–Crippen LogP) is 5.59. The van der Waals surface area contributed by atoms with Crippen molar-refractivity contribution in [2.45, 2.75) is 77.6 Å². The molecule has 0 aromatic heterocycles. The van der Waals surface area contributed by atoms with Gasteiger partial charge in [0.2, 0.25) is 8.32 Å². The van der Waals surface area contributed by atoms with E-state index in [9.17, 15) is 4.79 Å². The van der Waals surface area contributed by atoms with E-state index in [2.05, 4.69) is 47.7 Å². The van der Waals surface area contributed by atoms with E-state index in [-0.39, 0.29) is 16.4 Å². The van der Waals surface area contributed by atoms with E-state index in [0.29, 0.717) is 17.7 Å². The van der Waals surface area contributed by atoms with Crippen molar-refractivity contribution in [3.63, 3.8) is 0 Å². The molecule has 0 aliphatic carbocycles. The molecule has 0 bridgehead atoms. The van der Waals surface area contributed by atoms with Crippen LogP contribution in [0.2, 0.25) is 18.1 Å². The lowest BCUT2D eigenvalue weighted by Crippen LogP contribution is -2.44. The topological polar surface area (TPSA) is 35.5 Å². The minimum absolute atomic E-state index is 0.135. The van der Waals surface area contributed by atoms with Crippen molar-refractivity contribution < 1.29 is 14.0 Å². The lowest BCUT2D eigenvalue weighted by atomic mass is 9.86. The molecule has 23 heavy (non-hydrogen) atoms. The number of fused-ring (bicyclic) bond motifs is 1. The Morgan fingerprint density at radius 1 is 1.22 bits per heavy atom. The zero-order chi connectivity index (χ0) is 17.5. The number of hydrogen-bond donors (Lipinski definition) is 0. The first kappa shape index (κ1) is 18.1. The normalized spacial score (nSPS) is 17.4. The summed E-state index contributed by atoms with van der Waals surface area (Å²) in [6.07, 6.45) is 2.14. The third-order valence-electron chi connectivity index (χ3n) is 5.53. The Balaban J connectivity index is 2.34. The number of ketones is 1. The second-order valence-electron chi connectivity index (χ2n) is 8.11. The van der Waals surface area contributed by atoms with Crippen molar-refractivity contribution in [1.29, 1.82) is 0 Å². The lowest BCUT2D eigenvalue weighted by Gasteiger charge is -2.38. The number of benzene rings is 1. The summed E-state index contributed by atoms with van der Waals surface area (Å²) in [6.45, 7) is 15.3. The smallest absolute Gasteiger partial charge is 0.250 e. The maximum Gasteiger partial charge on any atom is 0.250 e. The highest BCUT2D eigenvalue weighted by atomic mass is 28.4. The first-order valence-electron chi connectivity index (χ1n) is 8.59. The molecule has 1 heterocycles. The summed E-state index contributed by atoms with van der Waals surface area (Å²) < 4.78 is 12.6. The van der Waals surface area contributed by atoms with Crippen LogP contribution in [0.25, 0.3) is 0 Å². The molecule has 0 fully saturated rings. The van der Waals surface area contributed by atoms with Crippen LogP contribution in [0.15, 0.2) is 18.2 Å². The van der Waals surface area contributed by atoms with Crippen LogP contribution in [-0.2, 0) is 0 Å². The quantitative estimate of drug-likeness (QED) is 0.673. The fourth-order valence-corrected chi connectivity index (χ4v) is 3.65. The van der Waals surface area contributed by atoms with Crippen molar-refractivity contribution >= 4 is 14.1 Å². The summed E-state index contributed by atoms with van der Waals surface area (Å²) in [4.78, 5) is 12.5. The van der Waals surface area contributed by atoms with Gasteiger partial charge in [-0.25, -0.2) is 0 Å². The van der Waals surface area contributed by atoms with Crippen LogP contribution in [0, 0.1) is 0 Å². The highest BCUT2D eigenvalue weighted by molar-refractivity contribution is 6.74. The fraction of sp³-hybridized carbons (Fsp3) is 0.632. The molecule has 1 aromatic rings. The second kappa shape index (κ2) is 5.97. The van der Waals surface area contributed by atoms with E-state index < -0.39 is 8.32 Å². The van der Waals surface area contributed by atoms with Gasteiger partial charge in [0.1, 0.15) is 17.1 Å². The van der Waals surface area contributed by atoms with Crippen molar-refractivity contribution in [2.24, 2.45) is 0 Å². The van der Waals surface area contributed by atoms with Crippen molar-refractivity contribution in [2.75, 3.05) is 0 Å². The lowest BCUT2D eigenvalue weighted by molar-refractivity contribution is 0.0349. The Morgan fingerprint density at radius 3 is 2.35 bits per heavy atom. The summed E-state index contributed by atoms with van der Waals surface area (Å²) in [6, 6.07) is 5.67. The molecule has 1 aliphatic heterocycles. The van der Waals surface area contributed by atoms with E-state index in [1.807, 2.05) is 18.2 Å². The molecule has 0 N–H and O–H groups in total. The number of ether oxygens (including phenoxy) is 1. The number of rotatable bonds is 4. The third kappa shape index (κ3) is 3.47. The van der Waals surface area contributed by atoms with Gasteiger partial charge in [-0.1, -0.05) is 34.6 Å². The van der Waals surface area contributed by atoms with E-state index in [1.165, 1.54) is 0 Å². The average molecular weight is 335 g/mol. The van der Waals surface area contributed by atoms with Gasteiger partial charge in [-0.2, -0.15) is 0 Å². The largest absolute Gasteiger partial charge is 0.543 e. The molecule has 1 aliphatic rings. The highest BCUT2D eigenvalue weighted by Gasteiger charge is 2.40. The van der Waals surface area contributed by atoms with Crippen LogP contribution in [0.3, 0.4) is 0 Å². The van der Waals surface area contributed by atoms with Gasteiger partial charge in [-0.05, 0) is 43.1 Å². The van der Waals surface area contributed by atoms with E-state index >= 15 is 0 Å². The zero-order valence-electron chi connectivity index (χ0n) is 15.6. The SMILES string of the molecule is CCC1(CC)CC(=O)c2ccc(O[Si](C)(C)C(C)(C)C)cc2O1. The number of hydrogen-bond acceptors (Lipinski definition) is 3. The fourth-order valence-electron chi connectivity index (χ4n) is 2.63. The van der Waals surface area contributed by atoms with Crippen molar-refractivity contribution in [3.05, 3.63) is 23.8 Å². The van der Waals surface area contributed by atoms with Crippen LogP contribution in [-0.4, -0.2) is 19.7 Å². The molecule has 0 amide bonds. The van der Waals surface area contributed by atoms with Crippen LogP contribution < -0.4 is 9.16 Å². The summed E-state index contributed by atoms with van der Waals surface area (Å²) >= 11 is 0. The number of Topliss-reactive ketones (excluding diaryl/α,β-unsaturated/α-hetero) is 1. The van der Waals surface area contributed by atoms with E-state index in [1.54, 1.807) is 0 Å². The molecule has 0 radical (unpaired) electrons. The number of carbonyl (C=O) groups is 1. The minimum atomic E-state index is -1.90. The predicted molar refractivity (Wildman–Crippen MR) is 97.2 cm³/mol. The maximum atomic E-state index is 12.5. The van der Waals surface area contributed by atoms with Gasteiger partial charge in [-0.15, -0.1) is 0 Å². The zero-order valence-corrected chi connectivity index (χ0v) is 16.6. The molecule has 0 atom stereocenters. The van der Waals surface area contributed by atoms with Crippen LogP contribution in [0.1, 0.15) is 64.2 Å². The summed E-state index contributed by atoms with van der Waals surface area (Å²) in [5, 5.41) is 0.135. The van der Waals surface area contributed by atoms with Gasteiger partial charge in [0, 0.05) is 6.07 Å². The number of carbonyl (C=O) groups excluding carboxylic acids is 1. The van der Waals surface area contributed by atoms with Gasteiger partial charge in [0.15, 0.2) is 5.78 Å². The second-order valence-corrected chi connectivity index (χ2v) is 12.8. The molecule has 0 spiro atoms. The van der Waals surface area contributed by atoms with Crippen molar-refractivity contribution in [1.82, 2.24) is 0 Å². The highest BCUT2D eigenvalue weighted by Crippen LogP contribution is 2.41. The molecule has 128 valence electrons. The Labute approximate surface area is 141 Å². The first-order valence-corrected chi connectivity index (χ1v) is 11.5. The summed E-state index contributed by atoms with van der Waals surface area (Å²) in [7, 11) is -1.90. The molecular formula is C19H30O3Si. The van der Waals surface area contributed by atoms with Gasteiger partial charge in [0.25, 0.3) is 0 Å². The molecule has 0 unspecified atom stereocenters. The van der Waals surface area contributed by atoms with Crippen LogP contribution in [0.5, 0.6) is 11.5 Å². The summed E-state index contributed by atoms with van der Waals surface area (Å²) in [5.41, 5.74) is 0.324. The Morgan fingerprint density at radius 2 is 1.83 bits per heavy atom. The molecular weight excluding hydrogens is 304 g/mol. The van der Waals surface area contributed by atoms with Crippen LogP contribution >= 0.6 is 0 Å². The maximum absolute atomic E-state index is 12.5. The van der Waals surface area contributed by atoms with E-state index in [0.717, 1.165) is 18.6 Å². The average Bonchev–Trinajstić information content (AvgIpc) is 2.45. The summed E-state index contributed by atoms with van der Waals surface area (Å²) in [5.74, 6) is 1.67.